The van der Waals surface area contributed by atoms with Gasteiger partial charge in [-0.3, -0.25) is 4.79 Å². The van der Waals surface area contributed by atoms with Gasteiger partial charge in [-0.2, -0.15) is 0 Å². The molecule has 1 fully saturated rings. The highest BCUT2D eigenvalue weighted by atomic mass is 32.1. The van der Waals surface area contributed by atoms with E-state index in [0.29, 0.717) is 26.2 Å². The summed E-state index contributed by atoms with van der Waals surface area (Å²) in [5.41, 5.74) is 4.78. The number of ether oxygens (including phenoxy) is 1. The van der Waals surface area contributed by atoms with Crippen LogP contribution >= 0.6 is 11.3 Å². The quantitative estimate of drug-likeness (QED) is 0.627. The third-order valence-corrected chi connectivity index (χ3v) is 6.98. The SMILES string of the molecule is O=C(NCc1cccs1)C1CN(C(=O)OCC2c3ccccc3-c3ccccc32)CCN1. The summed E-state index contributed by atoms with van der Waals surface area (Å²) in [5.74, 6) is -0.0753. The van der Waals surface area contributed by atoms with Gasteiger partial charge in [0, 0.05) is 30.4 Å². The van der Waals surface area contributed by atoms with E-state index in [-0.39, 0.29) is 24.5 Å². The lowest BCUT2D eigenvalue weighted by Crippen LogP contribution is -2.58. The maximum Gasteiger partial charge on any atom is 0.409 e. The molecule has 2 aliphatic rings. The largest absolute Gasteiger partial charge is 0.448 e. The van der Waals surface area contributed by atoms with E-state index in [1.54, 1.807) is 16.2 Å². The molecule has 6 nitrogen and oxygen atoms in total. The van der Waals surface area contributed by atoms with Gasteiger partial charge in [-0.15, -0.1) is 11.3 Å². The number of carbonyl (C=O) groups is 2. The van der Waals surface area contributed by atoms with Crippen LogP contribution in [0.2, 0.25) is 0 Å². The molecule has 1 aromatic heterocycles. The second-order valence-corrected chi connectivity index (χ2v) is 9.09. The first-order valence-electron chi connectivity index (χ1n) is 10.8. The second kappa shape index (κ2) is 9.14. The lowest BCUT2D eigenvalue weighted by Gasteiger charge is -2.32. The molecule has 1 unspecified atom stereocenters. The normalized spacial score (nSPS) is 17.5. The Kier molecular flexibility index (Phi) is 5.92. The van der Waals surface area contributed by atoms with Gasteiger partial charge < -0.3 is 20.3 Å². The van der Waals surface area contributed by atoms with Crippen LogP contribution in [0.4, 0.5) is 4.79 Å². The molecule has 5 rings (SSSR count). The van der Waals surface area contributed by atoms with Crippen molar-refractivity contribution in [1.29, 1.82) is 0 Å². The van der Waals surface area contributed by atoms with Crippen LogP contribution in [0.5, 0.6) is 0 Å². The molecule has 2 aromatic carbocycles. The Morgan fingerprint density at radius 3 is 2.44 bits per heavy atom. The second-order valence-electron chi connectivity index (χ2n) is 8.05. The number of nitrogens with zero attached hydrogens (tertiary/aromatic N) is 1. The lowest BCUT2D eigenvalue weighted by molar-refractivity contribution is -0.124. The first-order valence-corrected chi connectivity index (χ1v) is 11.7. The van der Waals surface area contributed by atoms with E-state index in [0.717, 1.165) is 4.88 Å². The molecule has 0 spiro atoms. The van der Waals surface area contributed by atoms with Crippen LogP contribution in [0.3, 0.4) is 0 Å². The number of hydrogen-bond donors (Lipinski definition) is 2. The molecular formula is C25H25N3O3S. The van der Waals surface area contributed by atoms with E-state index in [1.165, 1.54) is 22.3 Å². The van der Waals surface area contributed by atoms with Crippen molar-refractivity contribution < 1.29 is 14.3 Å². The van der Waals surface area contributed by atoms with Gasteiger partial charge >= 0.3 is 6.09 Å². The molecule has 7 heteroatoms. The standard InChI is InChI=1S/C25H25N3O3S/c29-24(27-14-17-6-5-13-32-17)23-15-28(12-11-26-23)25(30)31-16-22-20-9-3-1-7-18(20)19-8-2-4-10-21(19)22/h1-10,13,22-23,26H,11-12,14-16H2,(H,27,29). The van der Waals surface area contributed by atoms with Crippen molar-refractivity contribution in [2.75, 3.05) is 26.2 Å². The zero-order chi connectivity index (χ0) is 21.9. The van der Waals surface area contributed by atoms with Gasteiger partial charge in [-0.25, -0.2) is 4.79 Å². The van der Waals surface area contributed by atoms with Crippen molar-refractivity contribution in [3.63, 3.8) is 0 Å². The summed E-state index contributed by atoms with van der Waals surface area (Å²) in [4.78, 5) is 28.1. The Bertz CT molecular complexity index is 1070. The van der Waals surface area contributed by atoms with Crippen LogP contribution < -0.4 is 10.6 Å². The van der Waals surface area contributed by atoms with Gasteiger partial charge in [0.2, 0.25) is 5.91 Å². The van der Waals surface area contributed by atoms with E-state index in [2.05, 4.69) is 34.9 Å². The summed E-state index contributed by atoms with van der Waals surface area (Å²) in [6, 6.07) is 20.1. The van der Waals surface area contributed by atoms with E-state index in [1.807, 2.05) is 41.8 Å². The minimum absolute atomic E-state index is 0.0270. The van der Waals surface area contributed by atoms with Crippen molar-refractivity contribution in [3.8, 4) is 11.1 Å². The molecule has 3 aromatic rings. The number of piperazine rings is 1. The zero-order valence-corrected chi connectivity index (χ0v) is 18.4. The fourth-order valence-corrected chi connectivity index (χ4v) is 5.13. The van der Waals surface area contributed by atoms with E-state index < -0.39 is 6.04 Å². The molecule has 0 radical (unpaired) electrons. The zero-order valence-electron chi connectivity index (χ0n) is 17.6. The van der Waals surface area contributed by atoms with Gasteiger partial charge in [-0.05, 0) is 33.7 Å². The Morgan fingerprint density at radius 2 is 1.75 bits per heavy atom. The van der Waals surface area contributed by atoms with Crippen LogP contribution in [0.15, 0.2) is 66.0 Å². The number of nitrogens with one attached hydrogen (secondary N) is 2. The highest BCUT2D eigenvalue weighted by Gasteiger charge is 2.32. The molecule has 1 aliphatic heterocycles. The van der Waals surface area contributed by atoms with E-state index in [9.17, 15) is 9.59 Å². The van der Waals surface area contributed by atoms with Gasteiger partial charge in [0.1, 0.15) is 12.6 Å². The van der Waals surface area contributed by atoms with Gasteiger partial charge in [0.25, 0.3) is 0 Å². The Labute approximate surface area is 191 Å². The minimum atomic E-state index is -0.441. The molecule has 2 N–H and O–H groups in total. The van der Waals surface area contributed by atoms with Gasteiger partial charge in [0.05, 0.1) is 6.54 Å². The summed E-state index contributed by atoms with van der Waals surface area (Å²) >= 11 is 1.61. The predicted octanol–water partition coefficient (Wildman–Crippen LogP) is 3.59. The summed E-state index contributed by atoms with van der Waals surface area (Å²) < 4.78 is 5.76. The summed E-state index contributed by atoms with van der Waals surface area (Å²) in [6.45, 7) is 2.16. The molecule has 1 aliphatic carbocycles. The maximum atomic E-state index is 12.8. The lowest BCUT2D eigenvalue weighted by atomic mass is 9.98. The number of rotatable bonds is 5. The third kappa shape index (κ3) is 4.13. The van der Waals surface area contributed by atoms with Crippen molar-refractivity contribution in [1.82, 2.24) is 15.5 Å². The van der Waals surface area contributed by atoms with Crippen LogP contribution in [-0.4, -0.2) is 49.2 Å². The molecular weight excluding hydrogens is 422 g/mol. The first-order chi connectivity index (χ1) is 15.7. The van der Waals surface area contributed by atoms with Crippen molar-refractivity contribution in [2.45, 2.75) is 18.5 Å². The topological polar surface area (TPSA) is 70.7 Å². The molecule has 1 saturated heterocycles. The fourth-order valence-electron chi connectivity index (χ4n) is 4.49. The van der Waals surface area contributed by atoms with Crippen LogP contribution in [-0.2, 0) is 16.1 Å². The van der Waals surface area contributed by atoms with E-state index in [4.69, 9.17) is 4.74 Å². The van der Waals surface area contributed by atoms with Gasteiger partial charge in [0.15, 0.2) is 0 Å². The Hall–Kier alpha value is -3.16. The molecule has 32 heavy (non-hydrogen) atoms. The number of thiophene rings is 1. The fraction of sp³-hybridized carbons (Fsp3) is 0.280. The number of amides is 2. The molecule has 0 bridgehead atoms. The molecule has 2 heterocycles. The minimum Gasteiger partial charge on any atom is -0.448 e. The maximum absolute atomic E-state index is 12.8. The first kappa shape index (κ1) is 20.7. The number of benzene rings is 2. The van der Waals surface area contributed by atoms with Crippen LogP contribution in [0.25, 0.3) is 11.1 Å². The Balaban J connectivity index is 1.20. The predicted molar refractivity (Wildman–Crippen MR) is 125 cm³/mol. The smallest absolute Gasteiger partial charge is 0.409 e. The highest BCUT2D eigenvalue weighted by Crippen LogP contribution is 2.44. The van der Waals surface area contributed by atoms with Crippen LogP contribution in [0, 0.1) is 0 Å². The van der Waals surface area contributed by atoms with Gasteiger partial charge in [-0.1, -0.05) is 54.6 Å². The number of carbonyl (C=O) groups excluding carboxylic acids is 2. The molecule has 1 atom stereocenters. The average Bonchev–Trinajstić information content (AvgIpc) is 3.47. The summed E-state index contributed by atoms with van der Waals surface area (Å²) in [5, 5.41) is 8.13. The van der Waals surface area contributed by atoms with E-state index >= 15 is 0 Å². The average molecular weight is 448 g/mol. The number of hydrogen-bond acceptors (Lipinski definition) is 5. The van der Waals surface area contributed by atoms with Crippen LogP contribution in [0.1, 0.15) is 21.9 Å². The number of fused-ring (bicyclic) bond motifs is 3. The summed E-state index contributed by atoms with van der Waals surface area (Å²) in [7, 11) is 0. The highest BCUT2D eigenvalue weighted by molar-refractivity contribution is 7.09. The monoisotopic (exact) mass is 447 g/mol. The summed E-state index contributed by atoms with van der Waals surface area (Å²) in [6.07, 6.45) is -0.371. The van der Waals surface area contributed by atoms with Crippen molar-refractivity contribution >= 4 is 23.3 Å². The van der Waals surface area contributed by atoms with Crippen molar-refractivity contribution in [2.24, 2.45) is 0 Å². The molecule has 2 amide bonds. The molecule has 164 valence electrons. The van der Waals surface area contributed by atoms with Crippen molar-refractivity contribution in [3.05, 3.63) is 82.0 Å². The third-order valence-electron chi connectivity index (χ3n) is 6.10. The molecule has 0 saturated carbocycles. The Morgan fingerprint density at radius 1 is 1.03 bits per heavy atom.